The van der Waals surface area contributed by atoms with Crippen LogP contribution in [0.15, 0.2) is 12.2 Å². The zero-order chi connectivity index (χ0) is 14.4. The first-order valence-corrected chi connectivity index (χ1v) is 6.48. The lowest BCUT2D eigenvalue weighted by Crippen LogP contribution is -2.52. The molecule has 1 aliphatic heterocycles. The van der Waals surface area contributed by atoms with Gasteiger partial charge in [-0.2, -0.15) is 0 Å². The molecule has 108 valence electrons. The average molecular weight is 269 g/mol. The fourth-order valence-corrected chi connectivity index (χ4v) is 2.13. The van der Waals surface area contributed by atoms with Crippen molar-refractivity contribution in [1.82, 2.24) is 14.7 Å². The van der Waals surface area contributed by atoms with E-state index < -0.39 is 5.97 Å². The van der Waals surface area contributed by atoms with Gasteiger partial charge in [0.2, 0.25) is 0 Å². The number of hydrogen-bond acceptors (Lipinski definition) is 3. The molecule has 0 aromatic heterocycles. The van der Waals surface area contributed by atoms with Gasteiger partial charge in [-0.3, -0.25) is 9.69 Å². The third-order valence-corrected chi connectivity index (χ3v) is 3.12. The third-order valence-electron chi connectivity index (χ3n) is 3.12. The molecule has 6 nitrogen and oxygen atoms in total. The second-order valence-corrected chi connectivity index (χ2v) is 5.07. The molecular formula is C13H23N3O3. The van der Waals surface area contributed by atoms with Gasteiger partial charge in [0.1, 0.15) is 0 Å². The molecule has 19 heavy (non-hydrogen) atoms. The number of carboxylic acid groups (broad SMARTS) is 1. The van der Waals surface area contributed by atoms with E-state index in [-0.39, 0.29) is 12.5 Å². The highest BCUT2D eigenvalue weighted by Gasteiger charge is 2.23. The van der Waals surface area contributed by atoms with Crippen LogP contribution in [0.4, 0.5) is 4.79 Å². The standard InChI is InChI=1S/C13H23N3O3/c1-11(2)10-14(3)13(19)16-8-6-15(7-9-16)5-4-12(17)18/h1,4-10H2,2-3H3,(H,17,18). The summed E-state index contributed by atoms with van der Waals surface area (Å²) in [5, 5.41) is 8.63. The molecule has 0 saturated carbocycles. The molecule has 6 heteroatoms. The summed E-state index contributed by atoms with van der Waals surface area (Å²) < 4.78 is 0. The first kappa shape index (κ1) is 15.5. The van der Waals surface area contributed by atoms with Crippen LogP contribution in [0.5, 0.6) is 0 Å². The molecule has 1 rings (SSSR count). The van der Waals surface area contributed by atoms with Crippen molar-refractivity contribution in [2.75, 3.05) is 46.3 Å². The van der Waals surface area contributed by atoms with Gasteiger partial charge in [0.05, 0.1) is 6.42 Å². The Hall–Kier alpha value is -1.56. The molecule has 0 radical (unpaired) electrons. The molecule has 0 bridgehead atoms. The van der Waals surface area contributed by atoms with E-state index in [2.05, 4.69) is 11.5 Å². The molecule has 1 heterocycles. The monoisotopic (exact) mass is 269 g/mol. The molecule has 1 saturated heterocycles. The van der Waals surface area contributed by atoms with Crippen LogP contribution in [0.2, 0.25) is 0 Å². The summed E-state index contributed by atoms with van der Waals surface area (Å²) in [4.78, 5) is 28.2. The third kappa shape index (κ3) is 5.30. The Morgan fingerprint density at radius 1 is 1.26 bits per heavy atom. The number of aliphatic carboxylic acids is 1. The Balaban J connectivity index is 2.34. The minimum absolute atomic E-state index is 0.0147. The molecule has 0 aliphatic carbocycles. The fourth-order valence-electron chi connectivity index (χ4n) is 2.13. The average Bonchev–Trinajstić information content (AvgIpc) is 2.35. The zero-order valence-electron chi connectivity index (χ0n) is 11.8. The predicted molar refractivity (Wildman–Crippen MR) is 73.1 cm³/mol. The van der Waals surface area contributed by atoms with Gasteiger partial charge in [0.25, 0.3) is 0 Å². The normalized spacial score (nSPS) is 16.2. The summed E-state index contributed by atoms with van der Waals surface area (Å²) in [6.45, 7) is 9.59. The van der Waals surface area contributed by atoms with E-state index in [0.717, 1.165) is 18.7 Å². The maximum absolute atomic E-state index is 12.1. The molecule has 2 amide bonds. The van der Waals surface area contributed by atoms with E-state index in [0.29, 0.717) is 26.2 Å². The van der Waals surface area contributed by atoms with E-state index in [9.17, 15) is 9.59 Å². The van der Waals surface area contributed by atoms with Gasteiger partial charge < -0.3 is 14.9 Å². The molecule has 0 aromatic rings. The van der Waals surface area contributed by atoms with Crippen molar-refractivity contribution >= 4 is 12.0 Å². The quantitative estimate of drug-likeness (QED) is 0.746. The first-order valence-electron chi connectivity index (χ1n) is 6.48. The Morgan fingerprint density at radius 2 is 1.84 bits per heavy atom. The highest BCUT2D eigenvalue weighted by molar-refractivity contribution is 5.74. The van der Waals surface area contributed by atoms with Crippen LogP contribution in [0.1, 0.15) is 13.3 Å². The van der Waals surface area contributed by atoms with Gasteiger partial charge in [0.15, 0.2) is 0 Å². The van der Waals surface area contributed by atoms with Crippen molar-refractivity contribution in [2.45, 2.75) is 13.3 Å². The van der Waals surface area contributed by atoms with Crippen LogP contribution in [0.25, 0.3) is 0 Å². The minimum Gasteiger partial charge on any atom is -0.481 e. The predicted octanol–water partition coefficient (Wildman–Crippen LogP) is 0.707. The number of piperazine rings is 1. The van der Waals surface area contributed by atoms with Gasteiger partial charge in [-0.25, -0.2) is 4.79 Å². The molecule has 0 atom stereocenters. The number of hydrogen-bond donors (Lipinski definition) is 1. The van der Waals surface area contributed by atoms with Crippen LogP contribution in [0.3, 0.4) is 0 Å². The number of urea groups is 1. The van der Waals surface area contributed by atoms with Crippen molar-refractivity contribution in [1.29, 1.82) is 0 Å². The fraction of sp³-hybridized carbons (Fsp3) is 0.692. The van der Waals surface area contributed by atoms with Crippen molar-refractivity contribution in [3.8, 4) is 0 Å². The second kappa shape index (κ2) is 7.13. The summed E-state index contributed by atoms with van der Waals surface area (Å²) in [5.74, 6) is -0.778. The lowest BCUT2D eigenvalue weighted by atomic mass is 10.3. The van der Waals surface area contributed by atoms with Gasteiger partial charge in [0, 0.05) is 46.3 Å². The molecule has 0 spiro atoms. The van der Waals surface area contributed by atoms with Gasteiger partial charge in [-0.05, 0) is 6.92 Å². The van der Waals surface area contributed by atoms with Crippen LogP contribution in [0, 0.1) is 0 Å². The summed E-state index contributed by atoms with van der Waals surface area (Å²) in [6, 6.07) is 0.0147. The number of rotatable bonds is 5. The SMILES string of the molecule is C=C(C)CN(C)C(=O)N1CCN(CCC(=O)O)CC1. The van der Waals surface area contributed by atoms with Gasteiger partial charge in [-0.15, -0.1) is 0 Å². The number of likely N-dealkylation sites (N-methyl/N-ethyl adjacent to an activating group) is 1. The molecule has 0 unspecified atom stereocenters. The Bertz CT molecular complexity index is 349. The maximum Gasteiger partial charge on any atom is 0.320 e. The second-order valence-electron chi connectivity index (χ2n) is 5.07. The van der Waals surface area contributed by atoms with Gasteiger partial charge in [-0.1, -0.05) is 12.2 Å². The van der Waals surface area contributed by atoms with Crippen LogP contribution in [-0.2, 0) is 4.79 Å². The Labute approximate surface area is 114 Å². The van der Waals surface area contributed by atoms with Crippen LogP contribution < -0.4 is 0 Å². The van der Waals surface area contributed by atoms with Crippen molar-refractivity contribution in [2.24, 2.45) is 0 Å². The first-order chi connectivity index (χ1) is 8.90. The number of nitrogens with zero attached hydrogens (tertiary/aromatic N) is 3. The summed E-state index contributed by atoms with van der Waals surface area (Å²) in [7, 11) is 1.77. The lowest BCUT2D eigenvalue weighted by molar-refractivity contribution is -0.137. The summed E-state index contributed by atoms with van der Waals surface area (Å²) in [5.41, 5.74) is 0.955. The zero-order valence-corrected chi connectivity index (χ0v) is 11.8. The molecular weight excluding hydrogens is 246 g/mol. The number of carboxylic acids is 1. The highest BCUT2D eigenvalue weighted by atomic mass is 16.4. The highest BCUT2D eigenvalue weighted by Crippen LogP contribution is 2.06. The molecule has 1 fully saturated rings. The Kier molecular flexibility index (Phi) is 5.82. The molecule has 1 aliphatic rings. The van der Waals surface area contributed by atoms with Crippen LogP contribution >= 0.6 is 0 Å². The maximum atomic E-state index is 12.1. The topological polar surface area (TPSA) is 64.1 Å². The smallest absolute Gasteiger partial charge is 0.320 e. The van der Waals surface area contributed by atoms with Crippen molar-refractivity contribution in [3.05, 3.63) is 12.2 Å². The van der Waals surface area contributed by atoms with E-state index in [1.54, 1.807) is 16.8 Å². The molecule has 1 N–H and O–H groups in total. The Morgan fingerprint density at radius 3 is 2.32 bits per heavy atom. The minimum atomic E-state index is -0.778. The van der Waals surface area contributed by atoms with Crippen molar-refractivity contribution in [3.63, 3.8) is 0 Å². The van der Waals surface area contributed by atoms with E-state index >= 15 is 0 Å². The summed E-state index contributed by atoms with van der Waals surface area (Å²) >= 11 is 0. The number of carbonyl (C=O) groups is 2. The van der Waals surface area contributed by atoms with E-state index in [4.69, 9.17) is 5.11 Å². The van der Waals surface area contributed by atoms with Crippen LogP contribution in [-0.4, -0.2) is 78.1 Å². The number of amides is 2. The summed E-state index contributed by atoms with van der Waals surface area (Å²) in [6.07, 6.45) is 0.156. The van der Waals surface area contributed by atoms with E-state index in [1.165, 1.54) is 0 Å². The number of carbonyl (C=O) groups excluding carboxylic acids is 1. The lowest BCUT2D eigenvalue weighted by Gasteiger charge is -2.36. The van der Waals surface area contributed by atoms with Gasteiger partial charge >= 0.3 is 12.0 Å². The molecule has 0 aromatic carbocycles. The van der Waals surface area contributed by atoms with Crippen molar-refractivity contribution < 1.29 is 14.7 Å². The van der Waals surface area contributed by atoms with E-state index in [1.807, 2.05) is 6.92 Å². The largest absolute Gasteiger partial charge is 0.481 e.